The fourth-order valence-corrected chi connectivity index (χ4v) is 1.28. The van der Waals surface area contributed by atoms with E-state index in [1.165, 1.54) is 5.56 Å². The molecule has 0 spiro atoms. The molecule has 1 heteroatoms. The van der Waals surface area contributed by atoms with Crippen LogP contribution in [0.5, 0.6) is 0 Å². The third kappa shape index (κ3) is 2.19. The number of rotatable bonds is 2. The van der Waals surface area contributed by atoms with Gasteiger partial charge < -0.3 is 0 Å². The Labute approximate surface area is 60.5 Å². The molecule has 1 heterocycles. The molecule has 0 unspecified atom stereocenters. The summed E-state index contributed by atoms with van der Waals surface area (Å²) in [7, 11) is 0. The highest BCUT2D eigenvalue weighted by atomic mass is 32.1. The SMILES string of the molecule is CC(C)Cc1[c]cs[c]1. The van der Waals surface area contributed by atoms with Gasteiger partial charge in [0.1, 0.15) is 0 Å². The van der Waals surface area contributed by atoms with E-state index in [-0.39, 0.29) is 0 Å². The topological polar surface area (TPSA) is 0 Å². The molecule has 0 fully saturated rings. The summed E-state index contributed by atoms with van der Waals surface area (Å²) in [4.78, 5) is 0. The molecule has 1 aromatic heterocycles. The van der Waals surface area contributed by atoms with Gasteiger partial charge in [0.25, 0.3) is 0 Å². The average molecular weight is 138 g/mol. The maximum Gasteiger partial charge on any atom is 0.0484 e. The summed E-state index contributed by atoms with van der Waals surface area (Å²) in [5.74, 6) is 0.729. The van der Waals surface area contributed by atoms with Crippen LogP contribution in [-0.4, -0.2) is 0 Å². The monoisotopic (exact) mass is 138 g/mol. The molecule has 0 bridgehead atoms. The van der Waals surface area contributed by atoms with Crippen molar-refractivity contribution in [1.29, 1.82) is 0 Å². The lowest BCUT2D eigenvalue weighted by atomic mass is 10.1. The molecule has 0 aliphatic carbocycles. The van der Waals surface area contributed by atoms with Crippen LogP contribution in [0.15, 0.2) is 5.38 Å². The smallest absolute Gasteiger partial charge is 0.0484 e. The van der Waals surface area contributed by atoms with E-state index in [0.29, 0.717) is 0 Å². The van der Waals surface area contributed by atoms with Gasteiger partial charge in [-0.25, -0.2) is 0 Å². The van der Waals surface area contributed by atoms with Crippen molar-refractivity contribution in [3.05, 3.63) is 22.4 Å². The van der Waals surface area contributed by atoms with E-state index in [1.807, 2.05) is 5.38 Å². The van der Waals surface area contributed by atoms with Crippen molar-refractivity contribution in [2.75, 3.05) is 0 Å². The van der Waals surface area contributed by atoms with Crippen LogP contribution in [0.4, 0.5) is 0 Å². The molecule has 1 aromatic rings. The van der Waals surface area contributed by atoms with Crippen LogP contribution in [0.3, 0.4) is 0 Å². The Morgan fingerprint density at radius 1 is 1.67 bits per heavy atom. The first kappa shape index (κ1) is 6.81. The summed E-state index contributed by atoms with van der Waals surface area (Å²) < 4.78 is 0. The first-order valence-electron chi connectivity index (χ1n) is 3.15. The minimum absolute atomic E-state index is 0.729. The standard InChI is InChI=1S/C8H10S/c1-7(2)5-8-3-4-9-6-8/h4,7H,5H2,1-2H3. The van der Waals surface area contributed by atoms with Gasteiger partial charge in [0, 0.05) is 5.38 Å². The summed E-state index contributed by atoms with van der Waals surface area (Å²) in [6.45, 7) is 4.42. The van der Waals surface area contributed by atoms with Gasteiger partial charge in [-0.05, 0) is 29.3 Å². The number of hydrogen-bond donors (Lipinski definition) is 0. The fraction of sp³-hybridized carbons (Fsp3) is 0.500. The maximum absolute atomic E-state index is 3.15. The minimum Gasteiger partial charge on any atom is -0.142 e. The van der Waals surface area contributed by atoms with Gasteiger partial charge in [-0.2, -0.15) is 0 Å². The predicted molar refractivity (Wildman–Crippen MR) is 40.5 cm³/mol. The molecule has 48 valence electrons. The third-order valence-electron chi connectivity index (χ3n) is 1.09. The zero-order valence-electron chi connectivity index (χ0n) is 5.77. The van der Waals surface area contributed by atoms with Crippen molar-refractivity contribution in [3.8, 4) is 0 Å². The average Bonchev–Trinajstić information content (AvgIpc) is 2.15. The van der Waals surface area contributed by atoms with Gasteiger partial charge in [-0.3, -0.25) is 0 Å². The summed E-state index contributed by atoms with van der Waals surface area (Å²) in [5, 5.41) is 5.11. The molecule has 1 rings (SSSR count). The quantitative estimate of drug-likeness (QED) is 0.589. The molecular formula is C8H10S. The van der Waals surface area contributed by atoms with Crippen molar-refractivity contribution < 1.29 is 0 Å². The molecule has 0 saturated carbocycles. The molecule has 0 saturated heterocycles. The van der Waals surface area contributed by atoms with Crippen LogP contribution in [-0.2, 0) is 6.42 Å². The van der Waals surface area contributed by atoms with Gasteiger partial charge in [-0.15, -0.1) is 11.3 Å². The van der Waals surface area contributed by atoms with Gasteiger partial charge in [0.2, 0.25) is 0 Å². The van der Waals surface area contributed by atoms with E-state index in [0.717, 1.165) is 12.3 Å². The van der Waals surface area contributed by atoms with Crippen LogP contribution < -0.4 is 0 Å². The Morgan fingerprint density at radius 3 is 2.89 bits per heavy atom. The highest BCUT2D eigenvalue weighted by Crippen LogP contribution is 2.09. The van der Waals surface area contributed by atoms with E-state index in [9.17, 15) is 0 Å². The molecule has 0 aromatic carbocycles. The van der Waals surface area contributed by atoms with Crippen LogP contribution in [0.1, 0.15) is 19.4 Å². The summed E-state index contributed by atoms with van der Waals surface area (Å²) in [5.41, 5.74) is 1.23. The van der Waals surface area contributed by atoms with Crippen molar-refractivity contribution in [2.45, 2.75) is 20.3 Å². The Hall–Kier alpha value is -0.300. The summed E-state index contributed by atoms with van der Waals surface area (Å²) in [6.07, 6.45) is 1.11. The number of thiophene rings is 1. The van der Waals surface area contributed by atoms with E-state index in [4.69, 9.17) is 0 Å². The van der Waals surface area contributed by atoms with E-state index in [2.05, 4.69) is 25.3 Å². The van der Waals surface area contributed by atoms with Gasteiger partial charge in [0.05, 0.1) is 0 Å². The second kappa shape index (κ2) is 3.02. The van der Waals surface area contributed by atoms with Crippen LogP contribution in [0, 0.1) is 17.4 Å². The maximum atomic E-state index is 3.15. The Balaban J connectivity index is 2.48. The van der Waals surface area contributed by atoms with Gasteiger partial charge in [0.15, 0.2) is 0 Å². The van der Waals surface area contributed by atoms with Crippen molar-refractivity contribution in [3.63, 3.8) is 0 Å². The minimum atomic E-state index is 0.729. The van der Waals surface area contributed by atoms with Crippen molar-refractivity contribution in [2.24, 2.45) is 5.92 Å². The van der Waals surface area contributed by atoms with Gasteiger partial charge >= 0.3 is 0 Å². The Kier molecular flexibility index (Phi) is 2.29. The summed E-state index contributed by atoms with van der Waals surface area (Å²) in [6, 6.07) is 3.13. The molecule has 0 atom stereocenters. The molecule has 0 N–H and O–H groups in total. The largest absolute Gasteiger partial charge is 0.142 e. The van der Waals surface area contributed by atoms with E-state index in [1.54, 1.807) is 11.3 Å². The second-order valence-electron chi connectivity index (χ2n) is 2.56. The molecule has 9 heavy (non-hydrogen) atoms. The molecule has 0 aliphatic heterocycles. The Morgan fingerprint density at radius 2 is 2.44 bits per heavy atom. The zero-order chi connectivity index (χ0) is 6.69. The van der Waals surface area contributed by atoms with Crippen LogP contribution in [0.2, 0.25) is 0 Å². The van der Waals surface area contributed by atoms with E-state index >= 15 is 0 Å². The molecule has 0 nitrogen and oxygen atoms in total. The van der Waals surface area contributed by atoms with Crippen molar-refractivity contribution >= 4 is 11.3 Å². The highest BCUT2D eigenvalue weighted by molar-refractivity contribution is 7.07. The number of hydrogen-bond acceptors (Lipinski definition) is 1. The third-order valence-corrected chi connectivity index (χ3v) is 1.69. The first-order valence-corrected chi connectivity index (χ1v) is 4.02. The Bertz CT molecular complexity index is 151. The second-order valence-corrected chi connectivity index (χ2v) is 3.23. The summed E-state index contributed by atoms with van der Waals surface area (Å²) >= 11 is 1.60. The van der Waals surface area contributed by atoms with Gasteiger partial charge in [-0.1, -0.05) is 13.8 Å². The van der Waals surface area contributed by atoms with Crippen LogP contribution in [0.25, 0.3) is 0 Å². The first-order chi connectivity index (χ1) is 4.29. The van der Waals surface area contributed by atoms with Crippen LogP contribution >= 0.6 is 11.3 Å². The molecule has 0 amide bonds. The zero-order valence-corrected chi connectivity index (χ0v) is 6.59. The van der Waals surface area contributed by atoms with Crippen molar-refractivity contribution in [1.82, 2.24) is 0 Å². The highest BCUT2D eigenvalue weighted by Gasteiger charge is 1.96. The normalized spacial score (nSPS) is 10.6. The molecular weight excluding hydrogens is 128 g/mol. The lowest BCUT2D eigenvalue weighted by molar-refractivity contribution is 0.648. The lowest BCUT2D eigenvalue weighted by Gasteiger charge is -1.98. The predicted octanol–water partition coefficient (Wildman–Crippen LogP) is 2.55. The molecule has 0 aliphatic rings. The molecule has 2 radical (unpaired) electrons. The fourth-order valence-electron chi connectivity index (χ4n) is 0.739. The van der Waals surface area contributed by atoms with E-state index < -0.39 is 0 Å². The lowest BCUT2D eigenvalue weighted by Crippen LogP contribution is -1.90.